The van der Waals surface area contributed by atoms with E-state index in [2.05, 4.69) is 16.8 Å². The van der Waals surface area contributed by atoms with Gasteiger partial charge >= 0.3 is 0 Å². The molecule has 3 rings (SSSR count). The molecule has 5 nitrogen and oxygen atoms in total. The number of amides is 1. The summed E-state index contributed by atoms with van der Waals surface area (Å²) in [7, 11) is 5.87. The van der Waals surface area contributed by atoms with Gasteiger partial charge < -0.3 is 9.80 Å². The van der Waals surface area contributed by atoms with Crippen LogP contribution >= 0.6 is 0 Å². The van der Waals surface area contributed by atoms with E-state index in [9.17, 15) is 9.18 Å². The predicted octanol–water partition coefficient (Wildman–Crippen LogP) is 1.91. The Morgan fingerprint density at radius 2 is 1.74 bits per heavy atom. The van der Waals surface area contributed by atoms with E-state index in [1.165, 1.54) is 32.0 Å². The van der Waals surface area contributed by atoms with Crippen molar-refractivity contribution in [2.75, 3.05) is 67.0 Å². The largest absolute Gasteiger partial charge is 0.338 e. The molecule has 0 spiro atoms. The quantitative estimate of drug-likeness (QED) is 0.785. The van der Waals surface area contributed by atoms with Gasteiger partial charge in [0, 0.05) is 38.3 Å². The summed E-state index contributed by atoms with van der Waals surface area (Å²) in [6, 6.07) is 6.04. The highest BCUT2D eigenvalue weighted by Crippen LogP contribution is 2.25. The topological polar surface area (TPSA) is 30.0 Å². The van der Waals surface area contributed by atoms with Gasteiger partial charge in [0.1, 0.15) is 11.9 Å². The molecule has 2 aliphatic rings. The first-order chi connectivity index (χ1) is 13.0. The number of hydrogen-bond donors (Lipinski definition) is 0. The molecular weight excluding hydrogens is 343 g/mol. The third kappa shape index (κ3) is 5.06. The summed E-state index contributed by atoms with van der Waals surface area (Å²) in [4.78, 5) is 21.7. The molecule has 1 aromatic carbocycles. The number of piperazine rings is 1. The molecule has 0 aliphatic carbocycles. The first-order valence-corrected chi connectivity index (χ1v) is 10.1. The molecule has 150 valence electrons. The van der Waals surface area contributed by atoms with Crippen molar-refractivity contribution in [2.24, 2.45) is 5.92 Å². The van der Waals surface area contributed by atoms with E-state index in [1.54, 1.807) is 18.2 Å². The van der Waals surface area contributed by atoms with Gasteiger partial charge in [-0.3, -0.25) is 14.6 Å². The first kappa shape index (κ1) is 20.2. The number of likely N-dealkylation sites (tertiary alicyclic amines) is 1. The molecule has 0 N–H and O–H groups in total. The van der Waals surface area contributed by atoms with Gasteiger partial charge in [-0.05, 0) is 59.1 Å². The summed E-state index contributed by atoms with van der Waals surface area (Å²) in [6.45, 7) is 6.80. The maximum atomic E-state index is 14.3. The van der Waals surface area contributed by atoms with Crippen LogP contribution in [0.15, 0.2) is 24.3 Å². The van der Waals surface area contributed by atoms with Gasteiger partial charge in [-0.2, -0.15) is 0 Å². The number of hydrogen-bond acceptors (Lipinski definition) is 4. The molecule has 6 heteroatoms. The van der Waals surface area contributed by atoms with Gasteiger partial charge in [0.05, 0.1) is 0 Å². The Hall–Kier alpha value is -1.50. The second-order valence-corrected chi connectivity index (χ2v) is 8.26. The summed E-state index contributed by atoms with van der Waals surface area (Å²) in [5, 5.41) is 0. The Kier molecular flexibility index (Phi) is 6.84. The highest BCUT2D eigenvalue weighted by molar-refractivity contribution is 5.83. The van der Waals surface area contributed by atoms with E-state index in [4.69, 9.17) is 0 Å². The van der Waals surface area contributed by atoms with Gasteiger partial charge in [-0.15, -0.1) is 0 Å². The van der Waals surface area contributed by atoms with Crippen LogP contribution in [0.5, 0.6) is 0 Å². The van der Waals surface area contributed by atoms with Crippen LogP contribution in [0.1, 0.15) is 24.4 Å². The number of carbonyl (C=O) groups is 1. The zero-order valence-electron chi connectivity index (χ0n) is 16.9. The molecule has 1 atom stereocenters. The fraction of sp³-hybridized carbons (Fsp3) is 0.667. The second kappa shape index (κ2) is 9.13. The number of halogens is 1. The minimum atomic E-state index is -0.563. The SMILES string of the molecule is CN1CCC(CN2CCN(C(=O)[C@@H](c3ccccc3F)N(C)C)CC2)CC1. The maximum Gasteiger partial charge on any atom is 0.244 e. The lowest BCUT2D eigenvalue weighted by molar-refractivity contribution is -0.138. The van der Waals surface area contributed by atoms with E-state index < -0.39 is 6.04 Å². The molecule has 0 saturated carbocycles. The van der Waals surface area contributed by atoms with E-state index in [1.807, 2.05) is 23.9 Å². The summed E-state index contributed by atoms with van der Waals surface area (Å²) >= 11 is 0. The van der Waals surface area contributed by atoms with Gasteiger partial charge in [0.15, 0.2) is 0 Å². The zero-order chi connectivity index (χ0) is 19.4. The molecule has 1 aromatic rings. The lowest BCUT2D eigenvalue weighted by Crippen LogP contribution is -2.52. The molecule has 1 amide bonds. The summed E-state index contributed by atoms with van der Waals surface area (Å²) in [5.41, 5.74) is 0.459. The van der Waals surface area contributed by atoms with Gasteiger partial charge in [0.2, 0.25) is 5.91 Å². The molecule has 2 aliphatic heterocycles. The minimum Gasteiger partial charge on any atom is -0.338 e. The van der Waals surface area contributed by atoms with Gasteiger partial charge in [-0.1, -0.05) is 18.2 Å². The Bertz CT molecular complexity index is 622. The fourth-order valence-electron chi connectivity index (χ4n) is 4.26. The van der Waals surface area contributed by atoms with Crippen LogP contribution in [0.25, 0.3) is 0 Å². The first-order valence-electron chi connectivity index (χ1n) is 10.1. The predicted molar refractivity (Wildman–Crippen MR) is 106 cm³/mol. The second-order valence-electron chi connectivity index (χ2n) is 8.26. The maximum absolute atomic E-state index is 14.3. The molecule has 2 heterocycles. The van der Waals surface area contributed by atoms with Crippen LogP contribution in [0.4, 0.5) is 4.39 Å². The highest BCUT2D eigenvalue weighted by atomic mass is 19.1. The number of benzene rings is 1. The van der Waals surface area contributed by atoms with Crippen molar-refractivity contribution in [1.82, 2.24) is 19.6 Å². The van der Waals surface area contributed by atoms with Crippen LogP contribution in [0.2, 0.25) is 0 Å². The number of likely N-dealkylation sites (N-methyl/N-ethyl adjacent to an activating group) is 1. The van der Waals surface area contributed by atoms with E-state index in [0.29, 0.717) is 5.56 Å². The summed E-state index contributed by atoms with van der Waals surface area (Å²) in [6.07, 6.45) is 2.54. The van der Waals surface area contributed by atoms with Crippen LogP contribution in [0, 0.1) is 11.7 Å². The van der Waals surface area contributed by atoms with Crippen molar-refractivity contribution in [3.63, 3.8) is 0 Å². The fourth-order valence-corrected chi connectivity index (χ4v) is 4.26. The van der Waals surface area contributed by atoms with E-state index >= 15 is 0 Å². The van der Waals surface area contributed by atoms with Crippen molar-refractivity contribution in [2.45, 2.75) is 18.9 Å². The molecule has 0 unspecified atom stereocenters. The lowest BCUT2D eigenvalue weighted by Gasteiger charge is -2.40. The Morgan fingerprint density at radius 3 is 2.33 bits per heavy atom. The van der Waals surface area contributed by atoms with Crippen LogP contribution < -0.4 is 0 Å². The Labute approximate surface area is 162 Å². The molecule has 2 fully saturated rings. The monoisotopic (exact) mass is 376 g/mol. The van der Waals surface area contributed by atoms with E-state index in [0.717, 1.165) is 38.6 Å². The highest BCUT2D eigenvalue weighted by Gasteiger charge is 2.32. The average Bonchev–Trinajstić information content (AvgIpc) is 2.65. The van der Waals surface area contributed by atoms with Gasteiger partial charge in [-0.25, -0.2) is 4.39 Å². The lowest BCUT2D eigenvalue weighted by atomic mass is 9.96. The normalized spacial score (nSPS) is 21.6. The average molecular weight is 377 g/mol. The van der Waals surface area contributed by atoms with Crippen molar-refractivity contribution >= 4 is 5.91 Å². The third-order valence-corrected chi connectivity index (χ3v) is 5.99. The smallest absolute Gasteiger partial charge is 0.244 e. The van der Waals surface area contributed by atoms with Crippen molar-refractivity contribution in [3.8, 4) is 0 Å². The summed E-state index contributed by atoms with van der Waals surface area (Å²) < 4.78 is 14.3. The number of nitrogens with zero attached hydrogens (tertiary/aromatic N) is 4. The standard InChI is InChI=1S/C21H33FN4O/c1-23(2)20(18-6-4-5-7-19(18)22)21(27)26-14-12-25(13-15-26)16-17-8-10-24(3)11-9-17/h4-7,17,20H,8-16H2,1-3H3/t20-/m1/s1. The van der Waals surface area contributed by atoms with Gasteiger partial charge in [0.25, 0.3) is 0 Å². The molecule has 0 aromatic heterocycles. The van der Waals surface area contributed by atoms with Crippen molar-refractivity contribution < 1.29 is 9.18 Å². The molecular formula is C21H33FN4O. The molecule has 2 saturated heterocycles. The third-order valence-electron chi connectivity index (χ3n) is 5.99. The Morgan fingerprint density at radius 1 is 1.11 bits per heavy atom. The zero-order valence-corrected chi connectivity index (χ0v) is 16.9. The van der Waals surface area contributed by atoms with Crippen LogP contribution in [-0.4, -0.2) is 92.5 Å². The van der Waals surface area contributed by atoms with Crippen LogP contribution in [-0.2, 0) is 4.79 Å². The molecule has 0 radical (unpaired) electrons. The number of piperidine rings is 1. The van der Waals surface area contributed by atoms with Crippen LogP contribution in [0.3, 0.4) is 0 Å². The van der Waals surface area contributed by atoms with Crippen molar-refractivity contribution in [1.29, 1.82) is 0 Å². The number of carbonyl (C=O) groups excluding carboxylic acids is 1. The molecule has 0 bridgehead atoms. The minimum absolute atomic E-state index is 0.00374. The Balaban J connectivity index is 1.56. The summed E-state index contributed by atoms with van der Waals surface area (Å²) in [5.74, 6) is 0.464. The van der Waals surface area contributed by atoms with E-state index in [-0.39, 0.29) is 11.7 Å². The molecule has 27 heavy (non-hydrogen) atoms. The number of rotatable bonds is 5. The van der Waals surface area contributed by atoms with Crippen molar-refractivity contribution in [3.05, 3.63) is 35.6 Å².